The van der Waals surface area contributed by atoms with E-state index in [1.165, 1.54) is 10.6 Å². The number of piperazine rings is 1. The van der Waals surface area contributed by atoms with Crippen LogP contribution in [0.1, 0.15) is 38.6 Å². The molecule has 1 fully saturated rings. The average Bonchev–Trinajstić information content (AvgIpc) is 2.94. The van der Waals surface area contributed by atoms with Gasteiger partial charge < -0.3 is 9.47 Å². The van der Waals surface area contributed by atoms with Crippen LogP contribution in [-0.4, -0.2) is 65.5 Å². The molecule has 7 nitrogen and oxygen atoms in total. The highest BCUT2D eigenvalue weighted by Crippen LogP contribution is 2.19. The van der Waals surface area contributed by atoms with Crippen molar-refractivity contribution in [3.8, 4) is 0 Å². The minimum absolute atomic E-state index is 0.00745. The van der Waals surface area contributed by atoms with Gasteiger partial charge in [0.25, 0.3) is 0 Å². The summed E-state index contributed by atoms with van der Waals surface area (Å²) in [7, 11) is -3.18. The highest BCUT2D eigenvalue weighted by atomic mass is 32.2. The average molecular weight is 328 g/mol. The van der Waals surface area contributed by atoms with E-state index in [9.17, 15) is 13.2 Å². The van der Waals surface area contributed by atoms with Gasteiger partial charge in [-0.1, -0.05) is 13.8 Å². The van der Waals surface area contributed by atoms with E-state index in [2.05, 4.69) is 4.98 Å². The maximum Gasteiger partial charge on any atom is 0.245 e. The molecule has 124 valence electrons. The lowest BCUT2D eigenvalue weighted by molar-refractivity contribution is -0.135. The van der Waals surface area contributed by atoms with E-state index >= 15 is 0 Å². The lowest BCUT2D eigenvalue weighted by atomic mass is 10.2. The summed E-state index contributed by atoms with van der Waals surface area (Å²) in [4.78, 5) is 18.7. The third-order valence-corrected chi connectivity index (χ3v) is 5.31. The number of carbonyl (C=O) groups excluding carboxylic acids is 1. The van der Waals surface area contributed by atoms with Gasteiger partial charge in [-0.15, -0.1) is 0 Å². The standard InChI is InChI=1S/C14H24N4O3S/c1-11(2)13-15-5-6-18(13)12(3)14(19)16-7-9-17(10-8-16)22(4,20)21/h5-6,11-12H,7-10H2,1-4H3/t12-/m1/s1. The maximum atomic E-state index is 12.6. The Hall–Kier alpha value is -1.41. The normalized spacial score (nSPS) is 18.7. The maximum absolute atomic E-state index is 12.6. The van der Waals surface area contributed by atoms with Crippen LogP contribution in [0.3, 0.4) is 0 Å². The van der Waals surface area contributed by atoms with Gasteiger partial charge in [0.05, 0.1) is 6.26 Å². The van der Waals surface area contributed by atoms with E-state index in [-0.39, 0.29) is 17.9 Å². The highest BCUT2D eigenvalue weighted by molar-refractivity contribution is 7.88. The van der Waals surface area contributed by atoms with Crippen molar-refractivity contribution in [3.63, 3.8) is 0 Å². The van der Waals surface area contributed by atoms with Crippen molar-refractivity contribution in [1.82, 2.24) is 18.8 Å². The minimum atomic E-state index is -3.18. The lowest BCUT2D eigenvalue weighted by Crippen LogP contribution is -2.51. The molecule has 1 aliphatic heterocycles. The van der Waals surface area contributed by atoms with Gasteiger partial charge in [-0.25, -0.2) is 13.4 Å². The molecule has 2 heterocycles. The van der Waals surface area contributed by atoms with E-state index in [1.54, 1.807) is 11.1 Å². The summed E-state index contributed by atoms with van der Waals surface area (Å²) in [6, 6.07) is -0.329. The van der Waals surface area contributed by atoms with Gasteiger partial charge in [0.15, 0.2) is 0 Å². The Labute approximate surface area is 132 Å². The zero-order chi connectivity index (χ0) is 16.5. The van der Waals surface area contributed by atoms with Gasteiger partial charge in [0.2, 0.25) is 15.9 Å². The number of sulfonamides is 1. The first kappa shape index (κ1) is 17.0. The predicted octanol–water partition coefficient (Wildman–Crippen LogP) is 0.671. The van der Waals surface area contributed by atoms with Crippen molar-refractivity contribution < 1.29 is 13.2 Å². The topological polar surface area (TPSA) is 75.5 Å². The summed E-state index contributed by atoms with van der Waals surface area (Å²) >= 11 is 0. The summed E-state index contributed by atoms with van der Waals surface area (Å²) in [6.45, 7) is 7.53. The Balaban J connectivity index is 2.05. The van der Waals surface area contributed by atoms with Crippen LogP contribution in [-0.2, 0) is 14.8 Å². The van der Waals surface area contributed by atoms with Crippen LogP contribution in [0.4, 0.5) is 0 Å². The summed E-state index contributed by atoms with van der Waals surface area (Å²) in [6.07, 6.45) is 4.73. The second-order valence-corrected chi connectivity index (χ2v) is 7.99. The van der Waals surface area contributed by atoms with Crippen molar-refractivity contribution in [1.29, 1.82) is 0 Å². The molecule has 0 aliphatic carbocycles. The molecule has 22 heavy (non-hydrogen) atoms. The van der Waals surface area contributed by atoms with Crippen LogP contribution < -0.4 is 0 Å². The Morgan fingerprint density at radius 1 is 1.18 bits per heavy atom. The quantitative estimate of drug-likeness (QED) is 0.814. The van der Waals surface area contributed by atoms with Crippen molar-refractivity contribution in [2.24, 2.45) is 0 Å². The van der Waals surface area contributed by atoms with Gasteiger partial charge in [-0.2, -0.15) is 4.31 Å². The van der Waals surface area contributed by atoms with Crippen molar-refractivity contribution in [2.45, 2.75) is 32.7 Å². The third-order valence-electron chi connectivity index (χ3n) is 4.01. The van der Waals surface area contributed by atoms with Crippen molar-refractivity contribution in [2.75, 3.05) is 32.4 Å². The second-order valence-electron chi connectivity index (χ2n) is 6.01. The largest absolute Gasteiger partial charge is 0.338 e. The van der Waals surface area contributed by atoms with E-state index in [0.29, 0.717) is 26.2 Å². The molecule has 0 bridgehead atoms. The first-order valence-electron chi connectivity index (χ1n) is 7.48. The molecule has 0 spiro atoms. The number of nitrogens with zero attached hydrogens (tertiary/aromatic N) is 4. The highest BCUT2D eigenvalue weighted by Gasteiger charge is 2.29. The van der Waals surface area contributed by atoms with Crippen LogP contribution in [0.2, 0.25) is 0 Å². The molecule has 1 amide bonds. The summed E-state index contributed by atoms with van der Waals surface area (Å²) < 4.78 is 26.3. The van der Waals surface area contributed by atoms with Crippen LogP contribution in [0.25, 0.3) is 0 Å². The van der Waals surface area contributed by atoms with E-state index in [1.807, 2.05) is 31.5 Å². The molecule has 0 unspecified atom stereocenters. The number of rotatable bonds is 4. The van der Waals surface area contributed by atoms with E-state index in [4.69, 9.17) is 0 Å². The number of hydrogen-bond donors (Lipinski definition) is 0. The fourth-order valence-corrected chi connectivity index (χ4v) is 3.55. The first-order valence-corrected chi connectivity index (χ1v) is 9.33. The van der Waals surface area contributed by atoms with Gasteiger partial charge >= 0.3 is 0 Å². The molecule has 0 aromatic carbocycles. The van der Waals surface area contributed by atoms with Crippen LogP contribution in [0.5, 0.6) is 0 Å². The van der Waals surface area contributed by atoms with Gasteiger partial charge in [0, 0.05) is 44.5 Å². The number of carbonyl (C=O) groups is 1. The van der Waals surface area contributed by atoms with Gasteiger partial charge in [-0.3, -0.25) is 4.79 Å². The molecule has 0 N–H and O–H groups in total. The van der Waals surface area contributed by atoms with Gasteiger partial charge in [-0.05, 0) is 6.92 Å². The summed E-state index contributed by atoms with van der Waals surface area (Å²) in [5.41, 5.74) is 0. The summed E-state index contributed by atoms with van der Waals surface area (Å²) in [5, 5.41) is 0. The Bertz CT molecular complexity index is 630. The summed E-state index contributed by atoms with van der Waals surface area (Å²) in [5.74, 6) is 1.14. The van der Waals surface area contributed by atoms with Crippen LogP contribution in [0, 0.1) is 0 Å². The monoisotopic (exact) mass is 328 g/mol. The molecule has 1 atom stereocenters. The van der Waals surface area contributed by atoms with Crippen LogP contribution >= 0.6 is 0 Å². The Morgan fingerprint density at radius 3 is 2.27 bits per heavy atom. The third kappa shape index (κ3) is 3.49. The number of imidazole rings is 1. The lowest BCUT2D eigenvalue weighted by Gasteiger charge is -2.35. The molecule has 1 aromatic rings. The minimum Gasteiger partial charge on any atom is -0.338 e. The second kappa shape index (κ2) is 6.37. The fraction of sp³-hybridized carbons (Fsp3) is 0.714. The number of amides is 1. The first-order chi connectivity index (χ1) is 10.2. The molecular formula is C14H24N4O3S. The van der Waals surface area contributed by atoms with E-state index < -0.39 is 10.0 Å². The fourth-order valence-electron chi connectivity index (χ4n) is 2.72. The molecule has 2 rings (SSSR count). The zero-order valence-corrected chi connectivity index (χ0v) is 14.4. The Morgan fingerprint density at radius 2 is 1.77 bits per heavy atom. The molecule has 0 radical (unpaired) electrons. The van der Waals surface area contributed by atoms with Crippen molar-refractivity contribution in [3.05, 3.63) is 18.2 Å². The van der Waals surface area contributed by atoms with E-state index in [0.717, 1.165) is 5.82 Å². The molecular weight excluding hydrogens is 304 g/mol. The molecule has 1 aliphatic rings. The SMILES string of the molecule is CC(C)c1nccn1[C@H](C)C(=O)N1CCN(S(C)(=O)=O)CC1. The van der Waals surface area contributed by atoms with Gasteiger partial charge in [0.1, 0.15) is 11.9 Å². The number of hydrogen-bond acceptors (Lipinski definition) is 4. The predicted molar refractivity (Wildman–Crippen MR) is 84.0 cm³/mol. The van der Waals surface area contributed by atoms with Crippen LogP contribution in [0.15, 0.2) is 12.4 Å². The number of aromatic nitrogens is 2. The Kier molecular flexibility index (Phi) is 4.91. The zero-order valence-electron chi connectivity index (χ0n) is 13.6. The van der Waals surface area contributed by atoms with Crippen molar-refractivity contribution >= 4 is 15.9 Å². The molecule has 1 saturated heterocycles. The smallest absolute Gasteiger partial charge is 0.245 e. The molecule has 0 saturated carbocycles. The molecule has 8 heteroatoms. The molecule has 1 aromatic heterocycles.